The zero-order valence-electron chi connectivity index (χ0n) is 15.4. The van der Waals surface area contributed by atoms with Crippen molar-refractivity contribution in [3.05, 3.63) is 47.5 Å². The number of carbonyl (C=O) groups is 3. The van der Waals surface area contributed by atoms with Gasteiger partial charge in [0.05, 0.1) is 12.0 Å². The number of aromatic nitrogens is 2. The van der Waals surface area contributed by atoms with Crippen molar-refractivity contribution in [3.63, 3.8) is 0 Å². The van der Waals surface area contributed by atoms with E-state index in [2.05, 4.69) is 15.3 Å². The number of rotatable bonds is 5. The third-order valence-corrected chi connectivity index (χ3v) is 5.62. The Labute approximate surface area is 169 Å². The molecule has 0 saturated carbocycles. The predicted molar refractivity (Wildman–Crippen MR) is 106 cm³/mol. The van der Waals surface area contributed by atoms with E-state index in [9.17, 15) is 14.4 Å². The highest BCUT2D eigenvalue weighted by molar-refractivity contribution is 7.14. The van der Waals surface area contributed by atoms with Gasteiger partial charge in [-0.15, -0.1) is 11.3 Å². The standard InChI is InChI=1S/C19H19N5O4S/c20-16(25)13-8-12(9-21-13)14-10-29-19(22-14)23-17(26)11-3-5-24(6-4-11)18(27)15-2-1-7-28-15/h1-2,7-11,21H,3-6H2,(H2,20,25)(H,22,23,26). The van der Waals surface area contributed by atoms with E-state index >= 15 is 0 Å². The van der Waals surface area contributed by atoms with Gasteiger partial charge in [-0.3, -0.25) is 14.4 Å². The first kappa shape index (κ1) is 18.9. The lowest BCUT2D eigenvalue weighted by atomic mass is 9.96. The van der Waals surface area contributed by atoms with Crippen LogP contribution in [0, 0.1) is 5.92 Å². The van der Waals surface area contributed by atoms with Crippen LogP contribution in [0.1, 0.15) is 33.9 Å². The molecule has 10 heteroatoms. The van der Waals surface area contributed by atoms with Crippen LogP contribution in [-0.4, -0.2) is 45.7 Å². The fraction of sp³-hybridized carbons (Fsp3) is 0.263. The Kier molecular flexibility index (Phi) is 5.17. The number of carbonyl (C=O) groups excluding carboxylic acids is 3. The van der Waals surface area contributed by atoms with Crippen LogP contribution in [0.25, 0.3) is 11.3 Å². The minimum Gasteiger partial charge on any atom is -0.459 e. The molecule has 1 aliphatic rings. The lowest BCUT2D eigenvalue weighted by Crippen LogP contribution is -2.41. The SMILES string of the molecule is NC(=O)c1cc(-c2csc(NC(=O)C3CCN(C(=O)c4ccco4)CC3)n2)c[nH]1. The molecule has 9 nitrogen and oxygen atoms in total. The molecule has 1 aliphatic heterocycles. The van der Waals surface area contributed by atoms with Crippen molar-refractivity contribution >= 4 is 34.2 Å². The predicted octanol–water partition coefficient (Wildman–Crippen LogP) is 2.32. The minimum absolute atomic E-state index is 0.108. The fourth-order valence-electron chi connectivity index (χ4n) is 3.26. The number of anilines is 1. The van der Waals surface area contributed by atoms with Gasteiger partial charge in [-0.25, -0.2) is 4.98 Å². The van der Waals surface area contributed by atoms with Gasteiger partial charge in [0.15, 0.2) is 10.9 Å². The minimum atomic E-state index is -0.545. The smallest absolute Gasteiger partial charge is 0.289 e. The van der Waals surface area contributed by atoms with Crippen LogP contribution >= 0.6 is 11.3 Å². The van der Waals surface area contributed by atoms with Crippen LogP contribution in [0.4, 0.5) is 5.13 Å². The molecule has 0 aliphatic carbocycles. The first-order chi connectivity index (χ1) is 14.0. The van der Waals surface area contributed by atoms with Crippen LogP contribution in [0.15, 0.2) is 40.5 Å². The summed E-state index contributed by atoms with van der Waals surface area (Å²) in [5.74, 6) is -0.677. The van der Waals surface area contributed by atoms with Crippen molar-refractivity contribution < 1.29 is 18.8 Å². The number of nitrogens with zero attached hydrogens (tertiary/aromatic N) is 2. The number of piperidine rings is 1. The second kappa shape index (κ2) is 7.92. The molecule has 3 aromatic heterocycles. The van der Waals surface area contributed by atoms with Crippen LogP contribution in [0.2, 0.25) is 0 Å². The maximum atomic E-state index is 12.6. The quantitative estimate of drug-likeness (QED) is 0.590. The highest BCUT2D eigenvalue weighted by atomic mass is 32.1. The number of aromatic amines is 1. The molecule has 1 fully saturated rings. The Bertz CT molecular complexity index is 1030. The average Bonchev–Trinajstić information content (AvgIpc) is 3.48. The van der Waals surface area contributed by atoms with Gasteiger partial charge in [-0.2, -0.15) is 0 Å². The molecule has 0 aromatic carbocycles. The normalized spacial score (nSPS) is 14.7. The number of nitrogens with one attached hydrogen (secondary N) is 2. The molecule has 4 N–H and O–H groups in total. The first-order valence-corrected chi connectivity index (χ1v) is 9.97. The summed E-state index contributed by atoms with van der Waals surface area (Å²) in [5, 5.41) is 5.13. The van der Waals surface area contributed by atoms with Crippen LogP contribution in [0.5, 0.6) is 0 Å². The molecule has 1 saturated heterocycles. The molecule has 0 unspecified atom stereocenters. The lowest BCUT2D eigenvalue weighted by Gasteiger charge is -2.30. The van der Waals surface area contributed by atoms with E-state index in [1.807, 2.05) is 0 Å². The van der Waals surface area contributed by atoms with Gasteiger partial charge < -0.3 is 25.4 Å². The maximum absolute atomic E-state index is 12.6. The fourth-order valence-corrected chi connectivity index (χ4v) is 3.98. The second-order valence-electron chi connectivity index (χ2n) is 6.74. The van der Waals surface area contributed by atoms with E-state index in [4.69, 9.17) is 10.2 Å². The molecule has 0 bridgehead atoms. The number of primary amides is 1. The third kappa shape index (κ3) is 4.06. The number of thiazole rings is 1. The Balaban J connectivity index is 1.33. The summed E-state index contributed by atoms with van der Waals surface area (Å²) in [6, 6.07) is 4.94. The maximum Gasteiger partial charge on any atom is 0.289 e. The van der Waals surface area contributed by atoms with Gasteiger partial charge in [-0.1, -0.05) is 0 Å². The van der Waals surface area contributed by atoms with Gasteiger partial charge >= 0.3 is 0 Å². The van der Waals surface area contributed by atoms with Crippen molar-refractivity contribution in [1.29, 1.82) is 0 Å². The number of H-pyrrole nitrogens is 1. The van der Waals surface area contributed by atoms with Crippen molar-refractivity contribution in [3.8, 4) is 11.3 Å². The Morgan fingerprint density at radius 1 is 1.31 bits per heavy atom. The number of hydrogen-bond acceptors (Lipinski definition) is 6. The highest BCUT2D eigenvalue weighted by Gasteiger charge is 2.29. The zero-order chi connectivity index (χ0) is 20.4. The molecule has 0 spiro atoms. The Hall–Kier alpha value is -3.40. The zero-order valence-corrected chi connectivity index (χ0v) is 16.2. The number of furan rings is 1. The van der Waals surface area contributed by atoms with Crippen LogP contribution in [0.3, 0.4) is 0 Å². The number of nitrogens with two attached hydrogens (primary N) is 1. The van der Waals surface area contributed by atoms with E-state index in [0.717, 1.165) is 5.56 Å². The van der Waals surface area contributed by atoms with Crippen molar-refractivity contribution in [1.82, 2.24) is 14.9 Å². The number of likely N-dealkylation sites (tertiary alicyclic amines) is 1. The molecule has 4 rings (SSSR count). The molecule has 150 valence electrons. The molecule has 4 heterocycles. The summed E-state index contributed by atoms with van der Waals surface area (Å²) in [6.45, 7) is 1.000. The Morgan fingerprint density at radius 3 is 2.76 bits per heavy atom. The molecule has 3 aromatic rings. The lowest BCUT2D eigenvalue weighted by molar-refractivity contribution is -0.121. The summed E-state index contributed by atoms with van der Waals surface area (Å²) in [6.07, 6.45) is 4.27. The summed E-state index contributed by atoms with van der Waals surface area (Å²) in [7, 11) is 0. The Morgan fingerprint density at radius 2 is 2.10 bits per heavy atom. The number of amides is 3. The molecular weight excluding hydrogens is 394 g/mol. The van der Waals surface area contributed by atoms with Crippen LogP contribution < -0.4 is 11.1 Å². The summed E-state index contributed by atoms with van der Waals surface area (Å²) >= 11 is 1.31. The third-order valence-electron chi connectivity index (χ3n) is 4.86. The van der Waals surface area contributed by atoms with Gasteiger partial charge in [0.25, 0.3) is 11.8 Å². The molecule has 3 amide bonds. The topological polar surface area (TPSA) is 134 Å². The summed E-state index contributed by atoms with van der Waals surface area (Å²) < 4.78 is 5.15. The van der Waals surface area contributed by atoms with Gasteiger partial charge in [0.2, 0.25) is 5.91 Å². The molecule has 0 atom stereocenters. The second-order valence-corrected chi connectivity index (χ2v) is 7.60. The van der Waals surface area contributed by atoms with E-state index in [0.29, 0.717) is 48.2 Å². The largest absolute Gasteiger partial charge is 0.459 e. The first-order valence-electron chi connectivity index (χ1n) is 9.09. The average molecular weight is 413 g/mol. The van der Waals surface area contributed by atoms with Gasteiger partial charge in [-0.05, 0) is 31.0 Å². The van der Waals surface area contributed by atoms with Crippen molar-refractivity contribution in [2.75, 3.05) is 18.4 Å². The van der Waals surface area contributed by atoms with E-state index < -0.39 is 5.91 Å². The van der Waals surface area contributed by atoms with Crippen molar-refractivity contribution in [2.45, 2.75) is 12.8 Å². The van der Waals surface area contributed by atoms with Gasteiger partial charge in [0, 0.05) is 36.1 Å². The monoisotopic (exact) mass is 413 g/mol. The van der Waals surface area contributed by atoms with E-state index in [1.165, 1.54) is 17.6 Å². The van der Waals surface area contributed by atoms with Gasteiger partial charge in [0.1, 0.15) is 5.69 Å². The van der Waals surface area contributed by atoms with Crippen LogP contribution in [-0.2, 0) is 4.79 Å². The molecule has 0 radical (unpaired) electrons. The number of hydrogen-bond donors (Lipinski definition) is 3. The van der Waals surface area contributed by atoms with E-state index in [1.54, 1.807) is 34.7 Å². The highest BCUT2D eigenvalue weighted by Crippen LogP contribution is 2.27. The molecule has 29 heavy (non-hydrogen) atoms. The molecular formula is C19H19N5O4S. The summed E-state index contributed by atoms with van der Waals surface area (Å²) in [5.41, 5.74) is 6.91. The van der Waals surface area contributed by atoms with Crippen molar-refractivity contribution in [2.24, 2.45) is 11.7 Å². The summed E-state index contributed by atoms with van der Waals surface area (Å²) in [4.78, 5) is 45.0. The van der Waals surface area contributed by atoms with E-state index in [-0.39, 0.29) is 17.7 Å².